The lowest BCUT2D eigenvalue weighted by Gasteiger charge is -2.31. The first-order valence-electron chi connectivity index (χ1n) is 9.35. The lowest BCUT2D eigenvalue weighted by atomic mass is 9.97. The molecule has 150 valence electrons. The summed E-state index contributed by atoms with van der Waals surface area (Å²) in [6.07, 6.45) is 1.74. The lowest BCUT2D eigenvalue weighted by molar-refractivity contribution is -0.123. The van der Waals surface area contributed by atoms with E-state index in [0.29, 0.717) is 11.7 Å². The fraction of sp³-hybridized carbons (Fsp3) is 0.450. The van der Waals surface area contributed by atoms with Crippen molar-refractivity contribution in [2.75, 3.05) is 30.3 Å². The molecule has 6 nitrogen and oxygen atoms in total. The molecule has 1 atom stereocenters. The van der Waals surface area contributed by atoms with Crippen LogP contribution in [-0.4, -0.2) is 41.3 Å². The molecule has 1 fully saturated rings. The number of anilines is 2. The van der Waals surface area contributed by atoms with Gasteiger partial charge in [0.25, 0.3) is 0 Å². The highest BCUT2D eigenvalue weighted by molar-refractivity contribution is 9.10. The highest BCUT2D eigenvalue weighted by atomic mass is 79.9. The van der Waals surface area contributed by atoms with E-state index in [2.05, 4.69) is 31.5 Å². The number of hydrogen-bond donors (Lipinski definition) is 2. The number of hydrogen-bond acceptors (Lipinski definition) is 5. The summed E-state index contributed by atoms with van der Waals surface area (Å²) in [6, 6.07) is 5.81. The molecule has 0 spiro atoms. The number of carbonyl (C=O) groups is 2. The number of likely N-dealkylation sites (tertiary alicyclic amines) is 1. The summed E-state index contributed by atoms with van der Waals surface area (Å²) in [5, 5.41) is 6.54. The zero-order chi connectivity index (χ0) is 20.3. The van der Waals surface area contributed by atoms with Gasteiger partial charge in [0.05, 0.1) is 18.2 Å². The second kappa shape index (κ2) is 9.15. The fourth-order valence-corrected chi connectivity index (χ4v) is 4.61. The Morgan fingerprint density at radius 3 is 2.75 bits per heavy atom. The minimum absolute atomic E-state index is 0.0155. The molecule has 1 aliphatic rings. The van der Waals surface area contributed by atoms with E-state index >= 15 is 0 Å². The Hall–Kier alpha value is -1.77. The Morgan fingerprint density at radius 2 is 2.07 bits per heavy atom. The molecular weight excluding hydrogens is 440 g/mol. The molecule has 1 aliphatic heterocycles. The number of carbonyl (C=O) groups excluding carboxylic acids is 2. The van der Waals surface area contributed by atoms with Crippen LogP contribution in [0.15, 0.2) is 22.7 Å². The molecule has 2 aromatic rings. The fourth-order valence-electron chi connectivity index (χ4n) is 3.30. The van der Waals surface area contributed by atoms with Crippen LogP contribution in [0.1, 0.15) is 29.0 Å². The van der Waals surface area contributed by atoms with Crippen LogP contribution in [-0.2, 0) is 9.59 Å². The van der Waals surface area contributed by atoms with Crippen LogP contribution in [0.2, 0.25) is 0 Å². The molecular formula is C20H25BrN4O2S. The van der Waals surface area contributed by atoms with Crippen molar-refractivity contribution in [1.29, 1.82) is 0 Å². The molecule has 1 aromatic heterocycles. The Labute approximate surface area is 177 Å². The van der Waals surface area contributed by atoms with Crippen molar-refractivity contribution in [2.45, 2.75) is 33.6 Å². The molecule has 2 amide bonds. The van der Waals surface area contributed by atoms with E-state index in [1.54, 1.807) is 0 Å². The maximum Gasteiger partial charge on any atom is 0.240 e. The minimum atomic E-state index is -0.117. The average molecular weight is 465 g/mol. The maximum absolute atomic E-state index is 12.7. The number of thiazole rings is 1. The van der Waals surface area contributed by atoms with E-state index in [1.165, 1.54) is 11.3 Å². The van der Waals surface area contributed by atoms with E-state index in [-0.39, 0.29) is 24.3 Å². The molecule has 3 rings (SSSR count). The number of aryl methyl sites for hydroxylation is 3. The smallest absolute Gasteiger partial charge is 0.240 e. The van der Waals surface area contributed by atoms with Crippen molar-refractivity contribution in [3.05, 3.63) is 38.8 Å². The number of halogens is 1. The number of benzene rings is 1. The van der Waals surface area contributed by atoms with Gasteiger partial charge < -0.3 is 10.6 Å². The first kappa shape index (κ1) is 21.0. The first-order chi connectivity index (χ1) is 13.3. The lowest BCUT2D eigenvalue weighted by Crippen LogP contribution is -2.44. The van der Waals surface area contributed by atoms with Gasteiger partial charge in [0.15, 0.2) is 5.13 Å². The van der Waals surface area contributed by atoms with E-state index < -0.39 is 0 Å². The van der Waals surface area contributed by atoms with Gasteiger partial charge in [-0.3, -0.25) is 14.5 Å². The van der Waals surface area contributed by atoms with Crippen molar-refractivity contribution in [3.63, 3.8) is 0 Å². The predicted octanol–water partition coefficient (Wildman–Crippen LogP) is 4.12. The van der Waals surface area contributed by atoms with Gasteiger partial charge in [-0.15, -0.1) is 11.3 Å². The van der Waals surface area contributed by atoms with Crippen molar-refractivity contribution < 1.29 is 9.59 Å². The Kier molecular flexibility index (Phi) is 6.85. The van der Waals surface area contributed by atoms with Crippen LogP contribution < -0.4 is 10.6 Å². The largest absolute Gasteiger partial charge is 0.326 e. The van der Waals surface area contributed by atoms with Crippen LogP contribution in [0.5, 0.6) is 0 Å². The summed E-state index contributed by atoms with van der Waals surface area (Å²) in [6.45, 7) is 7.58. The topological polar surface area (TPSA) is 74.3 Å². The number of rotatable bonds is 5. The van der Waals surface area contributed by atoms with Gasteiger partial charge in [0.2, 0.25) is 11.8 Å². The molecule has 0 radical (unpaired) electrons. The molecule has 2 N–H and O–H groups in total. The van der Waals surface area contributed by atoms with Crippen molar-refractivity contribution in [3.8, 4) is 0 Å². The maximum atomic E-state index is 12.7. The van der Waals surface area contributed by atoms with E-state index in [9.17, 15) is 9.59 Å². The number of aromatic nitrogens is 1. The monoisotopic (exact) mass is 464 g/mol. The van der Waals surface area contributed by atoms with Crippen molar-refractivity contribution in [1.82, 2.24) is 9.88 Å². The normalized spacial score (nSPS) is 17.4. The summed E-state index contributed by atoms with van der Waals surface area (Å²) >= 11 is 4.92. The summed E-state index contributed by atoms with van der Waals surface area (Å²) in [4.78, 5) is 32.6. The van der Waals surface area contributed by atoms with Gasteiger partial charge in [0.1, 0.15) is 0 Å². The van der Waals surface area contributed by atoms with Gasteiger partial charge in [0, 0.05) is 21.6 Å². The molecule has 0 saturated carbocycles. The number of piperidine rings is 1. The highest BCUT2D eigenvalue weighted by Gasteiger charge is 2.27. The number of nitrogens with zero attached hydrogens (tertiary/aromatic N) is 2. The van der Waals surface area contributed by atoms with Crippen LogP contribution in [0.4, 0.5) is 10.8 Å². The Balaban J connectivity index is 1.54. The van der Waals surface area contributed by atoms with Crippen LogP contribution in [0.3, 0.4) is 0 Å². The quantitative estimate of drug-likeness (QED) is 0.697. The molecule has 0 bridgehead atoms. The standard InChI is InChI=1S/C20H25BrN4O2S/c1-12-9-16(21)6-7-17(12)23-19(27)15-5-4-8-25(10-15)11-18(26)24-20-22-13(2)14(3)28-20/h6-7,9,15H,4-5,8,10-11H2,1-3H3,(H,23,27)(H,22,24,26). The van der Waals surface area contributed by atoms with Crippen LogP contribution in [0.25, 0.3) is 0 Å². The third kappa shape index (κ3) is 5.40. The van der Waals surface area contributed by atoms with E-state index in [1.807, 2.05) is 43.9 Å². The van der Waals surface area contributed by atoms with Crippen LogP contribution >= 0.6 is 27.3 Å². The highest BCUT2D eigenvalue weighted by Crippen LogP contribution is 2.24. The van der Waals surface area contributed by atoms with Crippen molar-refractivity contribution >= 4 is 49.9 Å². The minimum Gasteiger partial charge on any atom is -0.326 e. The molecule has 2 heterocycles. The molecule has 1 unspecified atom stereocenters. The van der Waals surface area contributed by atoms with Crippen LogP contribution in [0, 0.1) is 26.7 Å². The first-order valence-corrected chi connectivity index (χ1v) is 11.0. The van der Waals surface area contributed by atoms with Crippen molar-refractivity contribution in [2.24, 2.45) is 5.92 Å². The SMILES string of the molecule is Cc1cc(Br)ccc1NC(=O)C1CCCN(CC(=O)Nc2nc(C)c(C)s2)C1. The van der Waals surface area contributed by atoms with Gasteiger partial charge in [-0.25, -0.2) is 4.98 Å². The zero-order valence-corrected chi connectivity index (χ0v) is 18.7. The van der Waals surface area contributed by atoms with Gasteiger partial charge in [-0.1, -0.05) is 15.9 Å². The number of nitrogens with one attached hydrogen (secondary N) is 2. The van der Waals surface area contributed by atoms with E-state index in [0.717, 1.165) is 45.7 Å². The third-order valence-electron chi connectivity index (χ3n) is 4.96. The van der Waals surface area contributed by atoms with Gasteiger partial charge >= 0.3 is 0 Å². The Bertz CT molecular complexity index is 864. The summed E-state index contributed by atoms with van der Waals surface area (Å²) in [5.74, 6) is -0.186. The number of amides is 2. The average Bonchev–Trinajstić information content (AvgIpc) is 2.94. The molecule has 1 aromatic carbocycles. The third-order valence-corrected chi connectivity index (χ3v) is 6.45. The van der Waals surface area contributed by atoms with E-state index in [4.69, 9.17) is 0 Å². The second-order valence-corrected chi connectivity index (χ2v) is 9.35. The second-order valence-electron chi connectivity index (χ2n) is 7.23. The zero-order valence-electron chi connectivity index (χ0n) is 16.3. The van der Waals surface area contributed by atoms with Gasteiger partial charge in [-0.2, -0.15) is 0 Å². The molecule has 0 aliphatic carbocycles. The molecule has 1 saturated heterocycles. The molecule has 8 heteroatoms. The summed E-state index contributed by atoms with van der Waals surface area (Å²) in [7, 11) is 0. The molecule has 28 heavy (non-hydrogen) atoms. The summed E-state index contributed by atoms with van der Waals surface area (Å²) in [5.41, 5.74) is 2.79. The predicted molar refractivity (Wildman–Crippen MR) is 117 cm³/mol. The Morgan fingerprint density at radius 1 is 1.29 bits per heavy atom. The summed E-state index contributed by atoms with van der Waals surface area (Å²) < 4.78 is 0.989. The van der Waals surface area contributed by atoms with Gasteiger partial charge in [-0.05, 0) is 63.9 Å².